The van der Waals surface area contributed by atoms with E-state index in [1.807, 2.05) is 43.3 Å². The van der Waals surface area contributed by atoms with Crippen molar-refractivity contribution < 1.29 is 14.3 Å². The van der Waals surface area contributed by atoms with Crippen LogP contribution in [0.15, 0.2) is 72.9 Å². The summed E-state index contributed by atoms with van der Waals surface area (Å²) < 4.78 is 11.2. The number of nitrogens with zero attached hydrogens (tertiary/aromatic N) is 2. The Kier molecular flexibility index (Phi) is 5.49. The summed E-state index contributed by atoms with van der Waals surface area (Å²) >= 11 is 0. The number of hydrogen-bond acceptors (Lipinski definition) is 4. The minimum Gasteiger partial charge on any atom is -0.484 e. The van der Waals surface area contributed by atoms with E-state index >= 15 is 0 Å². The molecule has 0 aliphatic rings. The van der Waals surface area contributed by atoms with E-state index in [0.29, 0.717) is 17.4 Å². The number of ether oxygens (including phenoxy) is 2. The van der Waals surface area contributed by atoms with Gasteiger partial charge in [-0.05, 0) is 49.4 Å². The molecule has 0 bridgehead atoms. The highest BCUT2D eigenvalue weighted by Crippen LogP contribution is 2.22. The van der Waals surface area contributed by atoms with Crippen molar-refractivity contribution in [3.63, 3.8) is 0 Å². The van der Waals surface area contributed by atoms with E-state index in [-0.39, 0.29) is 12.5 Å². The van der Waals surface area contributed by atoms with Gasteiger partial charge in [0.15, 0.2) is 6.61 Å². The number of amides is 1. The van der Waals surface area contributed by atoms with Gasteiger partial charge in [-0.1, -0.05) is 23.8 Å². The third-order valence-corrected chi connectivity index (χ3v) is 3.84. The first-order chi connectivity index (χ1) is 12.6. The average molecular weight is 348 g/mol. The number of hydrogen-bond donors (Lipinski definition) is 0. The molecule has 5 heteroatoms. The van der Waals surface area contributed by atoms with Crippen molar-refractivity contribution in [1.29, 1.82) is 0 Å². The molecule has 26 heavy (non-hydrogen) atoms. The van der Waals surface area contributed by atoms with E-state index in [1.54, 1.807) is 48.5 Å². The van der Waals surface area contributed by atoms with Crippen molar-refractivity contribution in [1.82, 2.24) is 4.98 Å². The molecule has 0 spiro atoms. The van der Waals surface area contributed by atoms with Crippen LogP contribution >= 0.6 is 0 Å². The Labute approximate surface area is 152 Å². The lowest BCUT2D eigenvalue weighted by molar-refractivity contribution is -0.120. The molecule has 0 aliphatic carbocycles. The van der Waals surface area contributed by atoms with Crippen LogP contribution in [0.3, 0.4) is 0 Å². The number of benzene rings is 2. The fourth-order valence-corrected chi connectivity index (χ4v) is 2.29. The highest BCUT2D eigenvalue weighted by molar-refractivity contribution is 5.93. The summed E-state index contributed by atoms with van der Waals surface area (Å²) in [5.41, 5.74) is 1.99. The Morgan fingerprint density at radius 2 is 1.65 bits per heavy atom. The van der Waals surface area contributed by atoms with Gasteiger partial charge in [-0.3, -0.25) is 4.79 Å². The number of anilines is 1. The standard InChI is InChI=1S/C21H20N2O3/c1-16-6-8-17(9-7-16)23(2)21(24)15-25-18-10-12-19(13-11-18)26-20-5-3-4-14-22-20/h3-14H,15H2,1-2H3. The molecule has 132 valence electrons. The Bertz CT molecular complexity index is 847. The summed E-state index contributed by atoms with van der Waals surface area (Å²) in [4.78, 5) is 18.0. The summed E-state index contributed by atoms with van der Waals surface area (Å²) in [6.07, 6.45) is 1.67. The third kappa shape index (κ3) is 4.60. The van der Waals surface area contributed by atoms with Gasteiger partial charge >= 0.3 is 0 Å². The van der Waals surface area contributed by atoms with Gasteiger partial charge in [0.05, 0.1) is 0 Å². The van der Waals surface area contributed by atoms with Gasteiger partial charge in [-0.25, -0.2) is 4.98 Å². The minimum atomic E-state index is -0.123. The molecule has 0 radical (unpaired) electrons. The summed E-state index contributed by atoms with van der Waals surface area (Å²) in [5.74, 6) is 1.65. The molecule has 3 rings (SSSR count). The smallest absolute Gasteiger partial charge is 0.264 e. The van der Waals surface area contributed by atoms with E-state index in [0.717, 1.165) is 11.3 Å². The molecule has 0 saturated heterocycles. The van der Waals surface area contributed by atoms with Crippen molar-refractivity contribution in [3.05, 3.63) is 78.5 Å². The minimum absolute atomic E-state index is 0.0369. The molecule has 0 aliphatic heterocycles. The average Bonchev–Trinajstić information content (AvgIpc) is 2.68. The van der Waals surface area contributed by atoms with Crippen molar-refractivity contribution in [2.75, 3.05) is 18.6 Å². The second-order valence-corrected chi connectivity index (χ2v) is 5.82. The summed E-state index contributed by atoms with van der Waals surface area (Å²) in [5, 5.41) is 0. The van der Waals surface area contributed by atoms with Crippen molar-refractivity contribution in [2.45, 2.75) is 6.92 Å². The molecule has 1 amide bonds. The number of carbonyl (C=O) groups excluding carboxylic acids is 1. The maximum Gasteiger partial charge on any atom is 0.264 e. The first-order valence-electron chi connectivity index (χ1n) is 8.27. The normalized spacial score (nSPS) is 10.2. The second kappa shape index (κ2) is 8.16. The lowest BCUT2D eigenvalue weighted by Gasteiger charge is -2.18. The van der Waals surface area contributed by atoms with Gasteiger partial charge in [-0.15, -0.1) is 0 Å². The van der Waals surface area contributed by atoms with E-state index < -0.39 is 0 Å². The van der Waals surface area contributed by atoms with Gasteiger partial charge in [0.2, 0.25) is 5.88 Å². The molecule has 0 atom stereocenters. The SMILES string of the molecule is Cc1ccc(N(C)C(=O)COc2ccc(Oc3ccccn3)cc2)cc1. The molecule has 2 aromatic carbocycles. The zero-order chi connectivity index (χ0) is 18.4. The lowest BCUT2D eigenvalue weighted by Crippen LogP contribution is -2.31. The fourth-order valence-electron chi connectivity index (χ4n) is 2.29. The monoisotopic (exact) mass is 348 g/mol. The molecule has 0 unspecified atom stereocenters. The van der Waals surface area contributed by atoms with Gasteiger partial charge in [0, 0.05) is 25.0 Å². The number of aryl methyl sites for hydroxylation is 1. The molecule has 0 saturated carbocycles. The Balaban J connectivity index is 1.54. The molecular formula is C21H20N2O3. The van der Waals surface area contributed by atoms with E-state index in [9.17, 15) is 4.79 Å². The highest BCUT2D eigenvalue weighted by atomic mass is 16.5. The maximum atomic E-state index is 12.3. The summed E-state index contributed by atoms with van der Waals surface area (Å²) in [6, 6.07) is 20.3. The van der Waals surface area contributed by atoms with Gasteiger partial charge in [0.25, 0.3) is 5.91 Å². The Morgan fingerprint density at radius 3 is 2.31 bits per heavy atom. The van der Waals surface area contributed by atoms with Crippen LogP contribution in [0.2, 0.25) is 0 Å². The van der Waals surface area contributed by atoms with Crippen molar-refractivity contribution >= 4 is 11.6 Å². The van der Waals surface area contributed by atoms with Crippen LogP contribution in [-0.2, 0) is 4.79 Å². The summed E-state index contributed by atoms with van der Waals surface area (Å²) in [6.45, 7) is 1.97. The zero-order valence-electron chi connectivity index (χ0n) is 14.8. The molecular weight excluding hydrogens is 328 g/mol. The molecule has 0 N–H and O–H groups in total. The van der Waals surface area contributed by atoms with Crippen LogP contribution in [0, 0.1) is 6.92 Å². The molecule has 3 aromatic rings. The van der Waals surface area contributed by atoms with Crippen LogP contribution < -0.4 is 14.4 Å². The number of pyridine rings is 1. The molecule has 5 nitrogen and oxygen atoms in total. The van der Waals surface area contributed by atoms with Crippen molar-refractivity contribution in [2.24, 2.45) is 0 Å². The fraction of sp³-hybridized carbons (Fsp3) is 0.143. The largest absolute Gasteiger partial charge is 0.484 e. The van der Waals surface area contributed by atoms with Crippen LogP contribution in [0.25, 0.3) is 0 Å². The lowest BCUT2D eigenvalue weighted by atomic mass is 10.2. The Hall–Kier alpha value is -3.34. The third-order valence-electron chi connectivity index (χ3n) is 3.84. The number of rotatable bonds is 6. The van der Waals surface area contributed by atoms with Gasteiger partial charge < -0.3 is 14.4 Å². The second-order valence-electron chi connectivity index (χ2n) is 5.82. The quantitative estimate of drug-likeness (QED) is 0.669. The topological polar surface area (TPSA) is 51.7 Å². The molecule has 1 heterocycles. The molecule has 0 fully saturated rings. The molecule has 1 aromatic heterocycles. The first-order valence-corrected chi connectivity index (χ1v) is 8.27. The maximum absolute atomic E-state index is 12.3. The number of carbonyl (C=O) groups is 1. The summed E-state index contributed by atoms with van der Waals surface area (Å²) in [7, 11) is 1.74. The highest BCUT2D eigenvalue weighted by Gasteiger charge is 2.11. The first kappa shape index (κ1) is 17.5. The predicted octanol–water partition coefficient (Wildman–Crippen LogP) is 4.22. The van der Waals surface area contributed by atoms with Gasteiger partial charge in [-0.2, -0.15) is 0 Å². The van der Waals surface area contributed by atoms with Crippen LogP contribution in [0.1, 0.15) is 5.56 Å². The van der Waals surface area contributed by atoms with Crippen LogP contribution in [-0.4, -0.2) is 24.5 Å². The van der Waals surface area contributed by atoms with E-state index in [2.05, 4.69) is 4.98 Å². The van der Waals surface area contributed by atoms with E-state index in [4.69, 9.17) is 9.47 Å². The number of aromatic nitrogens is 1. The number of likely N-dealkylation sites (N-methyl/N-ethyl adjacent to an activating group) is 1. The predicted molar refractivity (Wildman–Crippen MR) is 101 cm³/mol. The van der Waals surface area contributed by atoms with Crippen LogP contribution in [0.4, 0.5) is 5.69 Å². The zero-order valence-corrected chi connectivity index (χ0v) is 14.8. The van der Waals surface area contributed by atoms with Crippen LogP contribution in [0.5, 0.6) is 17.4 Å². The van der Waals surface area contributed by atoms with Crippen molar-refractivity contribution in [3.8, 4) is 17.4 Å². The Morgan fingerprint density at radius 1 is 0.962 bits per heavy atom. The van der Waals surface area contributed by atoms with E-state index in [1.165, 1.54) is 0 Å². The van der Waals surface area contributed by atoms with Gasteiger partial charge in [0.1, 0.15) is 11.5 Å².